The first kappa shape index (κ1) is 27.1. The summed E-state index contributed by atoms with van der Waals surface area (Å²) >= 11 is 0. The van der Waals surface area contributed by atoms with Crippen molar-refractivity contribution in [3.05, 3.63) is 106 Å². The summed E-state index contributed by atoms with van der Waals surface area (Å²) in [6.45, 7) is 0.779. The number of amidine groups is 1. The minimum atomic E-state index is -0.737. The maximum absolute atomic E-state index is 13.6. The van der Waals surface area contributed by atoms with Crippen LogP contribution in [0.3, 0.4) is 0 Å². The lowest BCUT2D eigenvalue weighted by molar-refractivity contribution is 0.252. The highest BCUT2D eigenvalue weighted by Gasteiger charge is 2.21. The summed E-state index contributed by atoms with van der Waals surface area (Å²) in [5.41, 5.74) is 3.66. The van der Waals surface area contributed by atoms with E-state index < -0.39 is 17.6 Å². The van der Waals surface area contributed by atoms with Gasteiger partial charge in [0.2, 0.25) is 0 Å². The van der Waals surface area contributed by atoms with Crippen LogP contribution >= 0.6 is 0 Å². The average molecular weight is 571 g/mol. The minimum Gasteiger partial charge on any atom is -0.307 e. The number of carbonyl (C=O) groups is 2. The van der Waals surface area contributed by atoms with Gasteiger partial charge in [-0.15, -0.1) is 5.11 Å². The van der Waals surface area contributed by atoms with Crippen LogP contribution in [-0.2, 0) is 6.54 Å². The zero-order valence-corrected chi connectivity index (χ0v) is 23.0. The molecular weight excluding hydrogens is 548 g/mol. The second-order valence-corrected chi connectivity index (χ2v) is 9.86. The molecule has 0 atom stereocenters. The molecule has 0 bridgehead atoms. The Bertz CT molecular complexity index is 2080. The van der Waals surface area contributed by atoms with Gasteiger partial charge in [-0.25, -0.2) is 23.8 Å². The molecule has 6 rings (SSSR count). The van der Waals surface area contributed by atoms with Gasteiger partial charge in [0.1, 0.15) is 17.9 Å². The Morgan fingerprint density at radius 1 is 0.977 bits per heavy atom. The van der Waals surface area contributed by atoms with Crippen molar-refractivity contribution in [1.29, 1.82) is 5.26 Å². The van der Waals surface area contributed by atoms with E-state index in [2.05, 4.69) is 41.6 Å². The highest BCUT2D eigenvalue weighted by molar-refractivity contribution is 6.08. The zero-order valence-electron chi connectivity index (χ0n) is 23.0. The number of fused-ring (bicyclic) bond motifs is 1. The number of rotatable bonds is 6. The molecule has 3 heterocycles. The first-order valence-corrected chi connectivity index (χ1v) is 13.0. The number of aliphatic imine (C=N–C) groups is 1. The highest BCUT2D eigenvalue weighted by atomic mass is 16.2. The Hall–Kier alpha value is -6.13. The summed E-state index contributed by atoms with van der Waals surface area (Å²) in [6.07, 6.45) is 1.06. The van der Waals surface area contributed by atoms with E-state index in [1.165, 1.54) is 10.2 Å². The van der Waals surface area contributed by atoms with E-state index in [0.29, 0.717) is 16.9 Å². The third-order valence-electron chi connectivity index (χ3n) is 6.64. The lowest BCUT2D eigenvalue weighted by atomic mass is 9.99. The Labute approximate surface area is 244 Å². The van der Waals surface area contributed by atoms with E-state index in [0.717, 1.165) is 28.6 Å². The molecule has 210 valence electrons. The molecule has 5 aromatic rings. The van der Waals surface area contributed by atoms with E-state index in [9.17, 15) is 19.6 Å². The molecule has 1 aliphatic rings. The van der Waals surface area contributed by atoms with Gasteiger partial charge in [-0.1, -0.05) is 53.6 Å². The largest absolute Gasteiger partial charge is 0.387 e. The van der Waals surface area contributed by atoms with Crippen LogP contribution in [0.25, 0.3) is 27.8 Å². The molecule has 1 N–H and O–H groups in total. The summed E-state index contributed by atoms with van der Waals surface area (Å²) in [5.74, 6) is 0.103. The van der Waals surface area contributed by atoms with Gasteiger partial charge < -0.3 is 10.2 Å². The topological polar surface area (TPSA) is 163 Å². The van der Waals surface area contributed by atoms with Crippen LogP contribution in [0.4, 0.5) is 15.3 Å². The third-order valence-corrected chi connectivity index (χ3v) is 6.64. The second-order valence-electron chi connectivity index (χ2n) is 9.86. The smallest absolute Gasteiger partial charge is 0.307 e. The third kappa shape index (κ3) is 5.21. The SMILES string of the molecule is CN(C)Cc1ccccc1-c1ccc(NC(=O)n2cnc3c(C#N)nn(-c4cccc(C5=NC(=O)N=N5)c4)c3c2=O)cc1. The number of urea groups is 1. The first-order chi connectivity index (χ1) is 20.8. The molecule has 1 aliphatic heterocycles. The van der Waals surface area contributed by atoms with Crippen molar-refractivity contribution < 1.29 is 9.59 Å². The standard InChI is InChI=1S/C30H22N10O3/c1-38(2)16-20-6-3-4-9-23(20)18-10-12-21(13-11-18)33-30(43)39-17-32-25-24(15-31)37-40(26(25)28(39)41)22-8-5-7-19(14-22)27-34-29(42)36-35-27/h3-14,17H,16H2,1-2H3,(H,33,43). The number of nitrogens with zero attached hydrogens (tertiary/aromatic N) is 9. The molecule has 0 spiro atoms. The molecule has 3 aromatic carbocycles. The van der Waals surface area contributed by atoms with E-state index in [-0.39, 0.29) is 22.6 Å². The fourth-order valence-electron chi connectivity index (χ4n) is 4.73. The number of nitrogens with one attached hydrogen (secondary N) is 1. The minimum absolute atomic E-state index is 0.0377. The van der Waals surface area contributed by atoms with Gasteiger partial charge in [0.25, 0.3) is 5.56 Å². The number of carbonyl (C=O) groups excluding carboxylic acids is 2. The lowest BCUT2D eigenvalue weighted by Gasteiger charge is -2.15. The van der Waals surface area contributed by atoms with Gasteiger partial charge in [0.05, 0.1) is 5.69 Å². The number of amides is 3. The molecule has 13 nitrogen and oxygen atoms in total. The molecular formula is C30H22N10O3. The monoisotopic (exact) mass is 570 g/mol. The number of hydrogen-bond donors (Lipinski definition) is 1. The number of aromatic nitrogens is 4. The molecule has 0 saturated heterocycles. The zero-order chi connectivity index (χ0) is 30.1. The van der Waals surface area contributed by atoms with Crippen molar-refractivity contribution in [3.63, 3.8) is 0 Å². The Kier molecular flexibility index (Phi) is 6.94. The van der Waals surface area contributed by atoms with Crippen LogP contribution in [-0.4, -0.2) is 56.2 Å². The maximum atomic E-state index is 13.6. The summed E-state index contributed by atoms with van der Waals surface area (Å²) in [6, 6.07) is 22.4. The van der Waals surface area contributed by atoms with Crippen LogP contribution in [0, 0.1) is 11.3 Å². The molecule has 0 radical (unpaired) electrons. The van der Waals surface area contributed by atoms with Crippen LogP contribution in [0.1, 0.15) is 16.8 Å². The number of benzene rings is 3. The predicted molar refractivity (Wildman–Crippen MR) is 158 cm³/mol. The van der Waals surface area contributed by atoms with Crippen molar-refractivity contribution in [3.8, 4) is 22.9 Å². The van der Waals surface area contributed by atoms with Gasteiger partial charge in [-0.3, -0.25) is 4.79 Å². The summed E-state index contributed by atoms with van der Waals surface area (Å²) < 4.78 is 2.05. The number of anilines is 1. The lowest BCUT2D eigenvalue weighted by Crippen LogP contribution is -2.32. The molecule has 0 saturated carbocycles. The molecule has 13 heteroatoms. The summed E-state index contributed by atoms with van der Waals surface area (Å²) in [5, 5.41) is 23.8. The normalized spacial score (nSPS) is 12.5. The first-order valence-electron chi connectivity index (χ1n) is 13.0. The number of azo groups is 1. The van der Waals surface area contributed by atoms with E-state index in [1.807, 2.05) is 50.5 Å². The summed E-state index contributed by atoms with van der Waals surface area (Å²) in [4.78, 5) is 48.3. The van der Waals surface area contributed by atoms with Gasteiger partial charge >= 0.3 is 12.1 Å². The van der Waals surface area contributed by atoms with Crippen LogP contribution in [0.5, 0.6) is 0 Å². The van der Waals surface area contributed by atoms with Crippen molar-refractivity contribution >= 4 is 34.6 Å². The van der Waals surface area contributed by atoms with Crippen LogP contribution in [0.2, 0.25) is 0 Å². The van der Waals surface area contributed by atoms with Gasteiger partial charge in [0, 0.05) is 17.8 Å². The van der Waals surface area contributed by atoms with Crippen LogP contribution in [0.15, 0.2) is 99.1 Å². The van der Waals surface area contributed by atoms with Gasteiger partial charge in [-0.2, -0.15) is 15.4 Å². The quantitative estimate of drug-likeness (QED) is 0.312. The number of nitriles is 1. The predicted octanol–water partition coefficient (Wildman–Crippen LogP) is 4.60. The van der Waals surface area contributed by atoms with Crippen molar-refractivity contribution in [1.82, 2.24) is 24.2 Å². The van der Waals surface area contributed by atoms with E-state index in [1.54, 1.807) is 36.4 Å². The Morgan fingerprint density at radius 2 is 1.77 bits per heavy atom. The fraction of sp³-hybridized carbons (Fsp3) is 0.100. The van der Waals surface area contributed by atoms with Crippen molar-refractivity contribution in [2.45, 2.75) is 6.54 Å². The molecule has 43 heavy (non-hydrogen) atoms. The fourth-order valence-corrected chi connectivity index (χ4v) is 4.73. The number of hydrogen-bond acceptors (Lipinski definition) is 8. The molecule has 0 aliphatic carbocycles. The average Bonchev–Trinajstić information content (AvgIpc) is 3.62. The van der Waals surface area contributed by atoms with Gasteiger partial charge in [-0.05, 0) is 55.1 Å². The van der Waals surface area contributed by atoms with E-state index >= 15 is 0 Å². The molecule has 3 amide bonds. The van der Waals surface area contributed by atoms with Crippen molar-refractivity contribution in [2.24, 2.45) is 15.2 Å². The van der Waals surface area contributed by atoms with Gasteiger partial charge in [0.15, 0.2) is 17.0 Å². The molecule has 2 aromatic heterocycles. The molecule has 0 unspecified atom stereocenters. The van der Waals surface area contributed by atoms with E-state index in [4.69, 9.17) is 0 Å². The highest BCUT2D eigenvalue weighted by Crippen LogP contribution is 2.26. The maximum Gasteiger partial charge on any atom is 0.387 e. The summed E-state index contributed by atoms with van der Waals surface area (Å²) in [7, 11) is 4.02. The molecule has 0 fully saturated rings. The van der Waals surface area contributed by atoms with Crippen LogP contribution < -0.4 is 10.9 Å². The Morgan fingerprint density at radius 3 is 2.49 bits per heavy atom. The second kappa shape index (κ2) is 11.0. The van der Waals surface area contributed by atoms with Crippen molar-refractivity contribution in [2.75, 3.05) is 19.4 Å². The Balaban J connectivity index is 1.32.